The maximum absolute atomic E-state index is 13.9. The van der Waals surface area contributed by atoms with Crippen LogP contribution in [0.1, 0.15) is 59.9 Å². The highest BCUT2D eigenvalue weighted by Crippen LogP contribution is 2.24. The van der Waals surface area contributed by atoms with Crippen molar-refractivity contribution in [3.05, 3.63) is 47.0 Å². The molecule has 0 saturated carbocycles. The third-order valence-corrected chi connectivity index (χ3v) is 4.74. The van der Waals surface area contributed by atoms with Crippen molar-refractivity contribution in [1.82, 2.24) is 14.9 Å². The molecule has 2 heterocycles. The van der Waals surface area contributed by atoms with E-state index in [2.05, 4.69) is 29.5 Å². The first kappa shape index (κ1) is 20.0. The van der Waals surface area contributed by atoms with E-state index in [9.17, 15) is 18.4 Å². The topological polar surface area (TPSA) is 76.0 Å². The van der Waals surface area contributed by atoms with Gasteiger partial charge >= 0.3 is 0 Å². The minimum Gasteiger partial charge on any atom is -0.349 e. The molecule has 0 spiro atoms. The van der Waals surface area contributed by atoms with Crippen molar-refractivity contribution in [2.75, 3.05) is 11.9 Å². The Labute approximate surface area is 162 Å². The molecule has 28 heavy (non-hydrogen) atoms. The standard InChI is InChI=1S/C20H24F2N4O2/c1-12(2)9-10-23-20(28)18-24-17(15-8-3-4-11-26(15)18)19(27)25-16-13(21)6-5-7-14(16)22/h5-7,12H,3-4,8-11H2,1-2H3,(H,23,28)(H,25,27). The largest absolute Gasteiger partial charge is 0.349 e. The molecular weight excluding hydrogens is 366 g/mol. The molecule has 2 amide bonds. The Morgan fingerprint density at radius 3 is 2.57 bits per heavy atom. The second-order valence-corrected chi connectivity index (χ2v) is 7.33. The molecule has 0 radical (unpaired) electrons. The van der Waals surface area contributed by atoms with Crippen LogP contribution in [0.15, 0.2) is 18.2 Å². The van der Waals surface area contributed by atoms with Crippen LogP contribution >= 0.6 is 0 Å². The molecule has 1 aromatic heterocycles. The molecule has 150 valence electrons. The number of aromatic nitrogens is 2. The van der Waals surface area contributed by atoms with Crippen LogP contribution in [0.4, 0.5) is 14.5 Å². The number of fused-ring (bicyclic) bond motifs is 1. The molecule has 0 atom stereocenters. The molecule has 2 N–H and O–H groups in total. The van der Waals surface area contributed by atoms with Gasteiger partial charge in [0, 0.05) is 13.1 Å². The summed E-state index contributed by atoms with van der Waals surface area (Å²) in [4.78, 5) is 29.5. The summed E-state index contributed by atoms with van der Waals surface area (Å²) in [5.41, 5.74) is 0.138. The summed E-state index contributed by atoms with van der Waals surface area (Å²) in [6, 6.07) is 3.35. The summed E-state index contributed by atoms with van der Waals surface area (Å²) in [7, 11) is 0. The molecule has 1 aromatic carbocycles. The number of imidazole rings is 1. The third-order valence-electron chi connectivity index (χ3n) is 4.74. The Morgan fingerprint density at radius 2 is 1.89 bits per heavy atom. The van der Waals surface area contributed by atoms with Gasteiger partial charge < -0.3 is 15.2 Å². The van der Waals surface area contributed by atoms with E-state index in [1.54, 1.807) is 4.57 Å². The van der Waals surface area contributed by atoms with Crippen molar-refractivity contribution < 1.29 is 18.4 Å². The van der Waals surface area contributed by atoms with Crippen LogP contribution in [0.25, 0.3) is 0 Å². The van der Waals surface area contributed by atoms with Crippen molar-refractivity contribution in [2.24, 2.45) is 5.92 Å². The smallest absolute Gasteiger partial charge is 0.287 e. The lowest BCUT2D eigenvalue weighted by atomic mass is 10.1. The fraction of sp³-hybridized carbons (Fsp3) is 0.450. The van der Waals surface area contributed by atoms with Crippen molar-refractivity contribution in [2.45, 2.75) is 46.1 Å². The summed E-state index contributed by atoms with van der Waals surface area (Å²) in [5, 5.41) is 5.09. The van der Waals surface area contributed by atoms with Gasteiger partial charge in [-0.3, -0.25) is 9.59 Å². The number of hydrogen-bond acceptors (Lipinski definition) is 3. The Balaban J connectivity index is 1.86. The summed E-state index contributed by atoms with van der Waals surface area (Å²) < 4.78 is 29.5. The molecule has 1 aliphatic rings. The van der Waals surface area contributed by atoms with E-state index in [0.717, 1.165) is 31.4 Å². The SMILES string of the molecule is CC(C)CCNC(=O)c1nc(C(=O)Nc2c(F)cccc2F)c2n1CCCC2. The second kappa shape index (κ2) is 8.50. The highest BCUT2D eigenvalue weighted by Gasteiger charge is 2.28. The lowest BCUT2D eigenvalue weighted by molar-refractivity contribution is 0.0936. The number of para-hydroxylation sites is 1. The number of nitrogens with one attached hydrogen (secondary N) is 2. The fourth-order valence-corrected chi connectivity index (χ4v) is 3.24. The predicted molar refractivity (Wildman–Crippen MR) is 101 cm³/mol. The molecule has 0 bridgehead atoms. The number of anilines is 1. The van der Waals surface area contributed by atoms with Gasteiger partial charge in [-0.1, -0.05) is 19.9 Å². The van der Waals surface area contributed by atoms with Crippen LogP contribution in [0.2, 0.25) is 0 Å². The van der Waals surface area contributed by atoms with Crippen molar-refractivity contribution in [1.29, 1.82) is 0 Å². The molecule has 0 fully saturated rings. The minimum absolute atomic E-state index is 0.0383. The molecule has 0 aliphatic carbocycles. The van der Waals surface area contributed by atoms with Crippen LogP contribution in [0.3, 0.4) is 0 Å². The number of carbonyl (C=O) groups is 2. The predicted octanol–water partition coefficient (Wildman–Crippen LogP) is 3.53. The van der Waals surface area contributed by atoms with E-state index in [1.807, 2.05) is 0 Å². The first-order valence-electron chi connectivity index (χ1n) is 9.51. The van der Waals surface area contributed by atoms with Crippen LogP contribution in [-0.4, -0.2) is 27.9 Å². The van der Waals surface area contributed by atoms with Gasteiger partial charge in [0.15, 0.2) is 11.5 Å². The van der Waals surface area contributed by atoms with E-state index in [0.29, 0.717) is 31.1 Å². The van der Waals surface area contributed by atoms with Crippen molar-refractivity contribution >= 4 is 17.5 Å². The molecule has 8 heteroatoms. The van der Waals surface area contributed by atoms with Gasteiger partial charge in [0.1, 0.15) is 17.3 Å². The highest BCUT2D eigenvalue weighted by atomic mass is 19.1. The lowest BCUT2D eigenvalue weighted by Crippen LogP contribution is -2.29. The summed E-state index contributed by atoms with van der Waals surface area (Å²) in [5.74, 6) is -2.19. The van der Waals surface area contributed by atoms with E-state index in [1.165, 1.54) is 6.07 Å². The zero-order chi connectivity index (χ0) is 20.3. The molecule has 0 saturated heterocycles. The monoisotopic (exact) mass is 390 g/mol. The molecule has 1 aliphatic heterocycles. The highest BCUT2D eigenvalue weighted by molar-refractivity contribution is 6.05. The van der Waals surface area contributed by atoms with Gasteiger partial charge in [0.25, 0.3) is 11.8 Å². The van der Waals surface area contributed by atoms with Crippen LogP contribution < -0.4 is 10.6 Å². The van der Waals surface area contributed by atoms with Crippen LogP contribution in [0.5, 0.6) is 0 Å². The number of nitrogens with zero attached hydrogens (tertiary/aromatic N) is 2. The molecular formula is C20H24F2N4O2. The Bertz CT molecular complexity index is 872. The first-order valence-corrected chi connectivity index (χ1v) is 9.51. The Hall–Kier alpha value is -2.77. The van der Waals surface area contributed by atoms with Gasteiger partial charge in [-0.15, -0.1) is 0 Å². The van der Waals surface area contributed by atoms with Gasteiger partial charge in [0.2, 0.25) is 0 Å². The number of hydrogen-bond donors (Lipinski definition) is 2. The molecule has 2 aromatic rings. The first-order chi connectivity index (χ1) is 13.4. The van der Waals surface area contributed by atoms with Gasteiger partial charge in [-0.2, -0.15) is 0 Å². The summed E-state index contributed by atoms with van der Waals surface area (Å²) >= 11 is 0. The van der Waals surface area contributed by atoms with Crippen LogP contribution in [-0.2, 0) is 13.0 Å². The number of benzene rings is 1. The number of amides is 2. The van der Waals surface area contributed by atoms with Crippen molar-refractivity contribution in [3.63, 3.8) is 0 Å². The van der Waals surface area contributed by atoms with Crippen LogP contribution in [0, 0.1) is 17.6 Å². The average Bonchev–Trinajstić information content (AvgIpc) is 3.04. The maximum Gasteiger partial charge on any atom is 0.287 e. The Morgan fingerprint density at radius 1 is 1.18 bits per heavy atom. The quantitative estimate of drug-likeness (QED) is 0.792. The average molecular weight is 390 g/mol. The number of carbonyl (C=O) groups excluding carboxylic acids is 2. The number of rotatable bonds is 6. The van der Waals surface area contributed by atoms with Gasteiger partial charge in [-0.25, -0.2) is 13.8 Å². The lowest BCUT2D eigenvalue weighted by Gasteiger charge is -2.17. The minimum atomic E-state index is -0.868. The van der Waals surface area contributed by atoms with Gasteiger partial charge in [-0.05, 0) is 43.7 Å². The van der Waals surface area contributed by atoms with Crippen molar-refractivity contribution in [3.8, 4) is 0 Å². The Kier molecular flexibility index (Phi) is 6.06. The maximum atomic E-state index is 13.9. The fourth-order valence-electron chi connectivity index (χ4n) is 3.24. The normalized spacial score (nSPS) is 13.3. The second-order valence-electron chi connectivity index (χ2n) is 7.33. The summed E-state index contributed by atoms with van der Waals surface area (Å²) in [6.07, 6.45) is 3.14. The van der Waals surface area contributed by atoms with E-state index < -0.39 is 23.2 Å². The number of halogens is 2. The van der Waals surface area contributed by atoms with E-state index in [4.69, 9.17) is 0 Å². The third kappa shape index (κ3) is 4.21. The van der Waals surface area contributed by atoms with Gasteiger partial charge in [0.05, 0.1) is 5.69 Å². The molecule has 6 nitrogen and oxygen atoms in total. The zero-order valence-corrected chi connectivity index (χ0v) is 16.0. The summed E-state index contributed by atoms with van der Waals surface area (Å²) in [6.45, 7) is 5.22. The van der Waals surface area contributed by atoms with E-state index >= 15 is 0 Å². The molecule has 0 unspecified atom stereocenters. The molecule has 3 rings (SSSR count). The van der Waals surface area contributed by atoms with E-state index in [-0.39, 0.29) is 17.4 Å². The zero-order valence-electron chi connectivity index (χ0n) is 16.0.